The summed E-state index contributed by atoms with van der Waals surface area (Å²) in [5.41, 5.74) is -2.36. The lowest BCUT2D eigenvalue weighted by molar-refractivity contribution is -0.181. The second-order valence-electron chi connectivity index (χ2n) is 8.75. The zero-order valence-corrected chi connectivity index (χ0v) is 17.6. The molecule has 0 saturated carbocycles. The third-order valence-corrected chi connectivity index (χ3v) is 6.69. The number of hydrogen-bond acceptors (Lipinski definition) is 7. The second kappa shape index (κ2) is 7.03. The first-order valence-electron chi connectivity index (χ1n) is 10.4. The van der Waals surface area contributed by atoms with Crippen LogP contribution >= 0.6 is 0 Å². The number of ketones is 1. The van der Waals surface area contributed by atoms with Crippen LogP contribution < -0.4 is 15.4 Å². The van der Waals surface area contributed by atoms with Crippen molar-refractivity contribution in [2.75, 3.05) is 29.5 Å². The number of Topliss-reactive ketones (excluding diaryl/α,β-unsaturated/α-hetero) is 1. The van der Waals surface area contributed by atoms with Gasteiger partial charge in [0.05, 0.1) is 31.8 Å². The normalized spacial score (nSPS) is 26.7. The summed E-state index contributed by atoms with van der Waals surface area (Å²) in [6, 6.07) is 4.41. The molecule has 0 amide bonds. The highest BCUT2D eigenvalue weighted by atomic mass is 19.4. The van der Waals surface area contributed by atoms with E-state index in [0.717, 1.165) is 22.8 Å². The highest BCUT2D eigenvalue weighted by Gasteiger charge is 2.60. The number of ether oxygens (including phenoxy) is 1. The van der Waals surface area contributed by atoms with Crippen LogP contribution in [-0.4, -0.2) is 63.9 Å². The number of rotatable bonds is 4. The van der Waals surface area contributed by atoms with Gasteiger partial charge < -0.3 is 14.5 Å². The van der Waals surface area contributed by atoms with Crippen LogP contribution in [0, 0.1) is 6.92 Å². The molecule has 0 unspecified atom stereocenters. The number of carbonyl (C=O) groups is 1. The predicted octanol–water partition coefficient (Wildman–Crippen LogP) is 1.95. The van der Waals surface area contributed by atoms with Crippen LogP contribution in [0.25, 0.3) is 0 Å². The number of fused-ring (bicyclic) bond motifs is 3. The summed E-state index contributed by atoms with van der Waals surface area (Å²) in [6.07, 6.45) is -2.36. The fourth-order valence-electron chi connectivity index (χ4n) is 4.77. The van der Waals surface area contributed by atoms with Gasteiger partial charge in [-0.2, -0.15) is 18.2 Å². The molecule has 0 aliphatic carbocycles. The molecule has 0 aromatic carbocycles. The van der Waals surface area contributed by atoms with Crippen LogP contribution in [0.2, 0.25) is 0 Å². The largest absolute Gasteiger partial charge is 0.413 e. The van der Waals surface area contributed by atoms with Gasteiger partial charge in [0.1, 0.15) is 5.82 Å². The third-order valence-electron chi connectivity index (χ3n) is 6.69. The summed E-state index contributed by atoms with van der Waals surface area (Å²) < 4.78 is 49.2. The van der Waals surface area contributed by atoms with Crippen molar-refractivity contribution in [2.45, 2.75) is 50.7 Å². The van der Waals surface area contributed by atoms with Gasteiger partial charge in [-0.05, 0) is 32.4 Å². The number of aromatic nitrogens is 3. The highest BCUT2D eigenvalue weighted by Crippen LogP contribution is 2.44. The Labute approximate surface area is 181 Å². The van der Waals surface area contributed by atoms with Gasteiger partial charge >= 0.3 is 6.18 Å². The second-order valence-corrected chi connectivity index (χ2v) is 8.75. The van der Waals surface area contributed by atoms with Crippen LogP contribution in [0.3, 0.4) is 0 Å². The maximum Gasteiger partial charge on any atom is 0.413 e. The minimum Gasteiger partial charge on any atom is -0.374 e. The molecule has 0 radical (unpaired) electrons. The molecule has 2 bridgehead atoms. The van der Waals surface area contributed by atoms with Crippen molar-refractivity contribution in [2.24, 2.45) is 0 Å². The van der Waals surface area contributed by atoms with Crippen molar-refractivity contribution in [1.29, 1.82) is 0 Å². The number of morpholine rings is 1. The Balaban J connectivity index is 1.57. The van der Waals surface area contributed by atoms with E-state index in [4.69, 9.17) is 4.74 Å². The molecule has 170 valence electrons. The predicted molar refractivity (Wildman–Crippen MR) is 109 cm³/mol. The van der Waals surface area contributed by atoms with E-state index in [2.05, 4.69) is 9.97 Å². The summed E-state index contributed by atoms with van der Waals surface area (Å²) >= 11 is 0. The van der Waals surface area contributed by atoms with E-state index in [0.29, 0.717) is 24.7 Å². The maximum atomic E-state index is 14.2. The topological polar surface area (TPSA) is 80.6 Å². The number of hydrogen-bond donors (Lipinski definition) is 0. The number of nitrogens with zero attached hydrogens (tertiary/aromatic N) is 5. The summed E-state index contributed by atoms with van der Waals surface area (Å²) in [4.78, 5) is 37.2. The van der Waals surface area contributed by atoms with Gasteiger partial charge in [0, 0.05) is 30.1 Å². The molecule has 11 heteroatoms. The average Bonchev–Trinajstić information content (AvgIpc) is 3.43. The number of carbonyl (C=O) groups excluding carboxylic acids is 1. The quantitative estimate of drug-likeness (QED) is 0.660. The first-order valence-corrected chi connectivity index (χ1v) is 10.4. The van der Waals surface area contributed by atoms with Crippen molar-refractivity contribution in [3.8, 4) is 0 Å². The Bertz CT molecular complexity index is 1150. The lowest BCUT2D eigenvalue weighted by Gasteiger charge is -2.36. The summed E-state index contributed by atoms with van der Waals surface area (Å²) in [5, 5.41) is 0. The molecule has 3 aliphatic rings. The molecule has 2 fully saturated rings. The zero-order chi connectivity index (χ0) is 22.8. The van der Waals surface area contributed by atoms with Crippen molar-refractivity contribution in [3.05, 3.63) is 46.0 Å². The smallest absolute Gasteiger partial charge is 0.374 e. The molecule has 2 aromatic rings. The fraction of sp³-hybridized carbons (Fsp3) is 0.524. The zero-order valence-electron chi connectivity index (χ0n) is 17.6. The lowest BCUT2D eigenvalue weighted by atomic mass is 9.99. The van der Waals surface area contributed by atoms with Gasteiger partial charge in [0.2, 0.25) is 5.95 Å². The lowest BCUT2D eigenvalue weighted by Crippen LogP contribution is -2.57. The molecule has 3 aliphatic heterocycles. The summed E-state index contributed by atoms with van der Waals surface area (Å²) in [6.45, 7) is 2.44. The van der Waals surface area contributed by atoms with Crippen molar-refractivity contribution < 1.29 is 22.7 Å². The van der Waals surface area contributed by atoms with Crippen LogP contribution in [-0.2, 0) is 11.3 Å². The molecule has 0 N–H and O–H groups in total. The Morgan fingerprint density at radius 2 is 2.16 bits per heavy atom. The van der Waals surface area contributed by atoms with Gasteiger partial charge in [0.15, 0.2) is 11.3 Å². The minimum absolute atomic E-state index is 0.0319. The number of aryl methyl sites for hydroxylation is 1. The van der Waals surface area contributed by atoms with Crippen molar-refractivity contribution in [3.63, 3.8) is 0 Å². The standard InChI is InChI=1S/C21H22F3N5O3/c1-12-15(4-3-5-25-12)16(30)9-29-19-26-17(27-8-14-6-13(27)10-32-14)7-18(31)28(19)11-20(29,2)21(22,23)24/h3-5,7,13-14H,6,8-11H2,1-2H3/t13-,14-,20-/m0/s1. The van der Waals surface area contributed by atoms with Crippen LogP contribution in [0.4, 0.5) is 24.9 Å². The number of alkyl halides is 3. The molecule has 8 nitrogen and oxygen atoms in total. The molecule has 5 heterocycles. The molecular formula is C21H22F3N5O3. The minimum atomic E-state index is -4.70. The van der Waals surface area contributed by atoms with E-state index in [9.17, 15) is 22.8 Å². The van der Waals surface area contributed by atoms with E-state index in [1.54, 1.807) is 13.0 Å². The monoisotopic (exact) mass is 449 g/mol. The summed E-state index contributed by atoms with van der Waals surface area (Å²) in [7, 11) is 0. The number of pyridine rings is 1. The highest BCUT2D eigenvalue weighted by molar-refractivity contribution is 6.00. The van der Waals surface area contributed by atoms with Crippen LogP contribution in [0.1, 0.15) is 29.4 Å². The van der Waals surface area contributed by atoms with Crippen LogP contribution in [0.15, 0.2) is 29.2 Å². The maximum absolute atomic E-state index is 14.2. The van der Waals surface area contributed by atoms with Gasteiger partial charge in [-0.1, -0.05) is 0 Å². The van der Waals surface area contributed by atoms with E-state index >= 15 is 0 Å². The molecule has 5 rings (SSSR count). The molecule has 3 atom stereocenters. The van der Waals surface area contributed by atoms with Gasteiger partial charge in [0.25, 0.3) is 5.56 Å². The molecular weight excluding hydrogens is 427 g/mol. The third kappa shape index (κ3) is 3.09. The van der Waals surface area contributed by atoms with Crippen molar-refractivity contribution in [1.82, 2.24) is 14.5 Å². The van der Waals surface area contributed by atoms with Gasteiger partial charge in [-0.3, -0.25) is 19.1 Å². The number of anilines is 2. The van der Waals surface area contributed by atoms with Gasteiger partial charge in [-0.15, -0.1) is 0 Å². The Morgan fingerprint density at radius 3 is 2.78 bits per heavy atom. The first-order chi connectivity index (χ1) is 15.1. The van der Waals surface area contributed by atoms with E-state index in [1.165, 1.54) is 18.3 Å². The summed E-state index contributed by atoms with van der Waals surface area (Å²) in [5.74, 6) is -0.350. The van der Waals surface area contributed by atoms with E-state index in [-0.39, 0.29) is 23.7 Å². The molecule has 32 heavy (non-hydrogen) atoms. The Morgan fingerprint density at radius 1 is 1.38 bits per heavy atom. The van der Waals surface area contributed by atoms with Gasteiger partial charge in [-0.25, -0.2) is 0 Å². The van der Waals surface area contributed by atoms with Crippen LogP contribution in [0.5, 0.6) is 0 Å². The molecule has 2 aromatic heterocycles. The van der Waals surface area contributed by atoms with E-state index < -0.39 is 36.1 Å². The molecule has 2 saturated heterocycles. The fourth-order valence-corrected chi connectivity index (χ4v) is 4.77. The van der Waals surface area contributed by atoms with E-state index in [1.807, 2.05) is 4.90 Å². The molecule has 0 spiro atoms. The first kappa shape index (κ1) is 20.9. The SMILES string of the molecule is Cc1ncccc1C(=O)CN1c2nc(N3C[C@@H]4C[C@H]3CO4)cc(=O)n2C[C@@]1(C)C(F)(F)F. The average molecular weight is 449 g/mol. The Hall–Kier alpha value is -2.95. The Kier molecular flexibility index (Phi) is 4.59. The van der Waals surface area contributed by atoms with Crippen molar-refractivity contribution >= 4 is 17.5 Å². The number of halogens is 3.